The van der Waals surface area contributed by atoms with Crippen LogP contribution in [0.2, 0.25) is 0 Å². The standard InChI is InChI=1S/C14H26N4O2.2ClH/c1-11-13(12(2)18(3)17-11)5-6-14(19)16-8-7-15-9-10-20-4;;/h15H,5-10H2,1-4H3,(H,16,19);2*1H. The lowest BCUT2D eigenvalue weighted by Gasteiger charge is -2.07. The van der Waals surface area contributed by atoms with E-state index in [0.29, 0.717) is 19.6 Å². The summed E-state index contributed by atoms with van der Waals surface area (Å²) in [6.45, 7) is 6.93. The van der Waals surface area contributed by atoms with Crippen LogP contribution in [0.1, 0.15) is 23.4 Å². The van der Waals surface area contributed by atoms with Crippen LogP contribution in [-0.2, 0) is 23.0 Å². The van der Waals surface area contributed by atoms with Crippen molar-refractivity contribution in [2.24, 2.45) is 7.05 Å². The fourth-order valence-electron chi connectivity index (χ4n) is 2.10. The van der Waals surface area contributed by atoms with Crippen molar-refractivity contribution in [1.82, 2.24) is 20.4 Å². The number of amides is 1. The maximum absolute atomic E-state index is 11.7. The predicted molar refractivity (Wildman–Crippen MR) is 93.3 cm³/mol. The zero-order chi connectivity index (χ0) is 15.0. The molecule has 0 aliphatic carbocycles. The van der Waals surface area contributed by atoms with Crippen LogP contribution >= 0.6 is 24.8 Å². The number of ether oxygens (including phenoxy) is 1. The molecule has 0 saturated heterocycles. The quantitative estimate of drug-likeness (QED) is 0.653. The van der Waals surface area contributed by atoms with Crippen LogP contribution in [0.5, 0.6) is 0 Å². The molecule has 0 aliphatic rings. The fraction of sp³-hybridized carbons (Fsp3) is 0.714. The Labute approximate surface area is 145 Å². The van der Waals surface area contributed by atoms with Gasteiger partial charge >= 0.3 is 0 Å². The lowest BCUT2D eigenvalue weighted by atomic mass is 10.1. The van der Waals surface area contributed by atoms with E-state index in [9.17, 15) is 4.79 Å². The van der Waals surface area contributed by atoms with Gasteiger partial charge in [-0.15, -0.1) is 24.8 Å². The van der Waals surface area contributed by atoms with Crippen molar-refractivity contribution in [3.63, 3.8) is 0 Å². The highest BCUT2D eigenvalue weighted by molar-refractivity contribution is 5.85. The first-order valence-corrected chi connectivity index (χ1v) is 7.01. The van der Waals surface area contributed by atoms with Gasteiger partial charge in [-0.2, -0.15) is 5.10 Å². The number of carbonyl (C=O) groups is 1. The number of halogens is 2. The molecule has 0 saturated carbocycles. The van der Waals surface area contributed by atoms with E-state index in [1.54, 1.807) is 7.11 Å². The lowest BCUT2D eigenvalue weighted by Crippen LogP contribution is -2.33. The van der Waals surface area contributed by atoms with E-state index < -0.39 is 0 Å². The van der Waals surface area contributed by atoms with Crippen molar-refractivity contribution < 1.29 is 9.53 Å². The van der Waals surface area contributed by atoms with Crippen LogP contribution in [0.4, 0.5) is 0 Å². The van der Waals surface area contributed by atoms with E-state index in [2.05, 4.69) is 15.7 Å². The van der Waals surface area contributed by atoms with Crippen LogP contribution in [0.25, 0.3) is 0 Å². The van der Waals surface area contributed by atoms with Gasteiger partial charge in [0.1, 0.15) is 0 Å². The van der Waals surface area contributed by atoms with Crippen LogP contribution in [-0.4, -0.2) is 49.0 Å². The summed E-state index contributed by atoms with van der Waals surface area (Å²) in [4.78, 5) is 11.7. The second kappa shape index (κ2) is 12.7. The Kier molecular flexibility index (Phi) is 13.5. The third-order valence-electron chi connectivity index (χ3n) is 3.37. The van der Waals surface area contributed by atoms with E-state index in [1.165, 1.54) is 5.56 Å². The monoisotopic (exact) mass is 354 g/mol. The Morgan fingerprint density at radius 3 is 2.45 bits per heavy atom. The van der Waals surface area contributed by atoms with Gasteiger partial charge in [0.2, 0.25) is 5.91 Å². The first-order valence-electron chi connectivity index (χ1n) is 7.01. The molecule has 1 heterocycles. The second-order valence-corrected chi connectivity index (χ2v) is 4.87. The molecule has 1 rings (SSSR count). The third kappa shape index (κ3) is 7.98. The van der Waals surface area contributed by atoms with Crippen LogP contribution in [0.3, 0.4) is 0 Å². The van der Waals surface area contributed by atoms with Crippen molar-refractivity contribution >= 4 is 30.7 Å². The van der Waals surface area contributed by atoms with Crippen LogP contribution < -0.4 is 10.6 Å². The number of hydrogen-bond acceptors (Lipinski definition) is 4. The van der Waals surface area contributed by atoms with E-state index in [4.69, 9.17) is 4.74 Å². The van der Waals surface area contributed by atoms with Crippen LogP contribution in [0.15, 0.2) is 0 Å². The molecule has 6 nitrogen and oxygen atoms in total. The summed E-state index contributed by atoms with van der Waals surface area (Å²) >= 11 is 0. The Hall–Kier alpha value is -0.820. The average Bonchev–Trinajstić information content (AvgIpc) is 2.65. The molecule has 0 unspecified atom stereocenters. The smallest absolute Gasteiger partial charge is 0.220 e. The molecule has 1 amide bonds. The number of nitrogens with zero attached hydrogens (tertiary/aromatic N) is 2. The molecule has 0 spiro atoms. The highest BCUT2D eigenvalue weighted by Gasteiger charge is 2.10. The van der Waals surface area contributed by atoms with Gasteiger partial charge in [-0.1, -0.05) is 0 Å². The highest BCUT2D eigenvalue weighted by atomic mass is 35.5. The van der Waals surface area contributed by atoms with Crippen molar-refractivity contribution in [1.29, 1.82) is 0 Å². The van der Waals surface area contributed by atoms with Gasteiger partial charge in [0.25, 0.3) is 0 Å². The first-order chi connectivity index (χ1) is 9.56. The summed E-state index contributed by atoms with van der Waals surface area (Å²) in [5.41, 5.74) is 3.33. The number of rotatable bonds is 9. The maximum Gasteiger partial charge on any atom is 0.220 e. The molecular weight excluding hydrogens is 327 g/mol. The molecule has 1 aromatic heterocycles. The Morgan fingerprint density at radius 2 is 1.91 bits per heavy atom. The largest absolute Gasteiger partial charge is 0.383 e. The van der Waals surface area contributed by atoms with Gasteiger partial charge in [0.05, 0.1) is 12.3 Å². The minimum Gasteiger partial charge on any atom is -0.383 e. The Bertz CT molecular complexity index is 439. The molecule has 2 N–H and O–H groups in total. The van der Waals surface area contributed by atoms with Gasteiger partial charge in [-0.25, -0.2) is 0 Å². The Morgan fingerprint density at radius 1 is 1.23 bits per heavy atom. The number of aryl methyl sites for hydroxylation is 2. The molecule has 1 aromatic rings. The number of hydrogen-bond donors (Lipinski definition) is 2. The van der Waals surface area contributed by atoms with E-state index >= 15 is 0 Å². The predicted octanol–water partition coefficient (Wildman–Crippen LogP) is 1.17. The summed E-state index contributed by atoms with van der Waals surface area (Å²) < 4.78 is 6.79. The lowest BCUT2D eigenvalue weighted by molar-refractivity contribution is -0.121. The van der Waals surface area contributed by atoms with Crippen molar-refractivity contribution in [3.8, 4) is 0 Å². The average molecular weight is 355 g/mol. The van der Waals surface area contributed by atoms with Gasteiger partial charge in [-0.05, 0) is 25.8 Å². The van der Waals surface area contributed by atoms with E-state index in [0.717, 1.165) is 30.9 Å². The van der Waals surface area contributed by atoms with Crippen molar-refractivity contribution in [2.75, 3.05) is 33.4 Å². The normalized spacial score (nSPS) is 9.82. The first kappa shape index (κ1) is 23.4. The molecule has 22 heavy (non-hydrogen) atoms. The van der Waals surface area contributed by atoms with Crippen molar-refractivity contribution in [2.45, 2.75) is 26.7 Å². The third-order valence-corrected chi connectivity index (χ3v) is 3.37. The van der Waals surface area contributed by atoms with Crippen molar-refractivity contribution in [3.05, 3.63) is 17.0 Å². The molecule has 0 radical (unpaired) electrons. The fourth-order valence-corrected chi connectivity index (χ4v) is 2.10. The SMILES string of the molecule is COCCNCCNC(=O)CCc1c(C)nn(C)c1C.Cl.Cl. The topological polar surface area (TPSA) is 68.2 Å². The summed E-state index contributed by atoms with van der Waals surface area (Å²) in [6, 6.07) is 0. The van der Waals surface area contributed by atoms with Gasteiger partial charge in [-0.3, -0.25) is 9.48 Å². The summed E-state index contributed by atoms with van der Waals surface area (Å²) in [7, 11) is 3.60. The number of aromatic nitrogens is 2. The highest BCUT2D eigenvalue weighted by Crippen LogP contribution is 2.13. The molecule has 0 bridgehead atoms. The van der Waals surface area contributed by atoms with Gasteiger partial charge in [0, 0.05) is 45.9 Å². The minimum atomic E-state index is 0. The summed E-state index contributed by atoms with van der Waals surface area (Å²) in [5, 5.41) is 10.4. The summed E-state index contributed by atoms with van der Waals surface area (Å²) in [5.74, 6) is 0.0844. The van der Waals surface area contributed by atoms with E-state index in [1.807, 2.05) is 25.6 Å². The number of carbonyl (C=O) groups excluding carboxylic acids is 1. The maximum atomic E-state index is 11.7. The van der Waals surface area contributed by atoms with Gasteiger partial charge in [0.15, 0.2) is 0 Å². The molecule has 8 heteroatoms. The van der Waals surface area contributed by atoms with Crippen LogP contribution in [0, 0.1) is 13.8 Å². The number of nitrogens with one attached hydrogen (secondary N) is 2. The minimum absolute atomic E-state index is 0. The molecule has 0 aromatic carbocycles. The molecule has 0 fully saturated rings. The molecular formula is C14H28Cl2N4O2. The zero-order valence-electron chi connectivity index (χ0n) is 13.8. The number of methoxy groups -OCH3 is 1. The van der Waals surface area contributed by atoms with E-state index in [-0.39, 0.29) is 30.7 Å². The Balaban J connectivity index is 0. The molecule has 0 atom stereocenters. The zero-order valence-corrected chi connectivity index (χ0v) is 15.4. The molecule has 0 aliphatic heterocycles. The van der Waals surface area contributed by atoms with Gasteiger partial charge < -0.3 is 15.4 Å². The molecule has 130 valence electrons. The second-order valence-electron chi connectivity index (χ2n) is 4.87. The summed E-state index contributed by atoms with van der Waals surface area (Å²) in [6.07, 6.45) is 1.25.